The van der Waals surface area contributed by atoms with Crippen LogP contribution in [-0.4, -0.2) is 22.0 Å². The molecule has 2 N–H and O–H groups in total. The Bertz CT molecular complexity index is 289. The Morgan fingerprint density at radius 1 is 1.16 bits per heavy atom. The maximum atomic E-state index is 10.9. The normalized spacial score (nSPS) is 13.1. The molecule has 0 aromatic carbocycles. The van der Waals surface area contributed by atoms with Gasteiger partial charge in [0.05, 0.1) is 12.9 Å². The molecule has 0 rings (SSSR count). The van der Waals surface area contributed by atoms with Crippen molar-refractivity contribution in [3.05, 3.63) is 12.3 Å². The number of allylic oxidation sites excluding steroid dienone is 1. The first kappa shape index (κ1) is 18.7. The average molecular weight is 294 g/mol. The lowest BCUT2D eigenvalue weighted by Crippen LogP contribution is -2.36. The number of phosphoric acid groups is 1. The Hall–Kier alpha value is -0.350. The minimum absolute atomic E-state index is 0.0817. The van der Waals surface area contributed by atoms with Crippen LogP contribution in [-0.2, 0) is 13.8 Å². The first-order valence-electron chi connectivity index (χ1n) is 6.88. The lowest BCUT2D eigenvalue weighted by atomic mass is 9.91. The molecule has 0 aliphatic rings. The third kappa shape index (κ3) is 9.22. The first-order chi connectivity index (χ1) is 8.89. The van der Waals surface area contributed by atoms with Crippen molar-refractivity contribution >= 4 is 7.82 Å². The molecular formula is C13H27O5P. The highest BCUT2D eigenvalue weighted by molar-refractivity contribution is 7.46. The summed E-state index contributed by atoms with van der Waals surface area (Å²) < 4.78 is 21.3. The highest BCUT2D eigenvalue weighted by Gasteiger charge is 2.33. The number of hydrogen-bond acceptors (Lipinski definition) is 3. The van der Waals surface area contributed by atoms with E-state index in [1.54, 1.807) is 12.3 Å². The predicted octanol–water partition coefficient (Wildman–Crippen LogP) is 3.77. The maximum absolute atomic E-state index is 10.9. The molecule has 19 heavy (non-hydrogen) atoms. The lowest BCUT2D eigenvalue weighted by molar-refractivity contribution is -0.0415. The SMILES string of the molecule is CC=COC(CCCC)(CCCC)COP(=O)(O)O. The van der Waals surface area contributed by atoms with Crippen LogP contribution in [0.4, 0.5) is 0 Å². The van der Waals surface area contributed by atoms with Gasteiger partial charge in [-0.05, 0) is 32.6 Å². The molecule has 0 aliphatic carbocycles. The molecule has 0 unspecified atom stereocenters. The molecule has 6 heteroatoms. The van der Waals surface area contributed by atoms with Crippen LogP contribution in [0, 0.1) is 0 Å². The van der Waals surface area contributed by atoms with E-state index in [1.165, 1.54) is 0 Å². The molecule has 0 aliphatic heterocycles. The topological polar surface area (TPSA) is 76.0 Å². The van der Waals surface area contributed by atoms with Crippen LogP contribution in [0.5, 0.6) is 0 Å². The lowest BCUT2D eigenvalue weighted by Gasteiger charge is -2.33. The second kappa shape index (κ2) is 9.54. The molecule has 0 radical (unpaired) electrons. The molecule has 0 heterocycles. The Kier molecular flexibility index (Phi) is 9.36. The van der Waals surface area contributed by atoms with Crippen molar-refractivity contribution in [2.45, 2.75) is 64.9 Å². The van der Waals surface area contributed by atoms with Gasteiger partial charge in [-0.25, -0.2) is 4.57 Å². The number of phosphoric ester groups is 1. The summed E-state index contributed by atoms with van der Waals surface area (Å²) in [7, 11) is -4.46. The Balaban J connectivity index is 4.80. The van der Waals surface area contributed by atoms with Gasteiger partial charge in [0.1, 0.15) is 5.60 Å². The highest BCUT2D eigenvalue weighted by Crippen LogP contribution is 2.39. The van der Waals surface area contributed by atoms with E-state index in [2.05, 4.69) is 13.8 Å². The monoisotopic (exact) mass is 294 g/mol. The van der Waals surface area contributed by atoms with E-state index in [0.717, 1.165) is 38.5 Å². The van der Waals surface area contributed by atoms with Gasteiger partial charge in [0.2, 0.25) is 0 Å². The minimum Gasteiger partial charge on any atom is -0.493 e. The molecule has 0 atom stereocenters. The van der Waals surface area contributed by atoms with E-state index < -0.39 is 13.4 Å². The first-order valence-corrected chi connectivity index (χ1v) is 8.41. The minimum atomic E-state index is -4.46. The van der Waals surface area contributed by atoms with E-state index in [9.17, 15) is 4.57 Å². The second-order valence-corrected chi connectivity index (χ2v) is 5.98. The van der Waals surface area contributed by atoms with Crippen molar-refractivity contribution < 1.29 is 23.6 Å². The van der Waals surface area contributed by atoms with Gasteiger partial charge in [-0.3, -0.25) is 4.52 Å². The van der Waals surface area contributed by atoms with Crippen LogP contribution < -0.4 is 0 Å². The Morgan fingerprint density at radius 3 is 2.05 bits per heavy atom. The third-order valence-electron chi connectivity index (χ3n) is 2.92. The fourth-order valence-corrected chi connectivity index (χ4v) is 2.24. The molecule has 5 nitrogen and oxygen atoms in total. The zero-order valence-electron chi connectivity index (χ0n) is 12.2. The second-order valence-electron chi connectivity index (χ2n) is 4.74. The summed E-state index contributed by atoms with van der Waals surface area (Å²) in [6, 6.07) is 0. The maximum Gasteiger partial charge on any atom is 0.469 e. The van der Waals surface area contributed by atoms with E-state index in [1.807, 2.05) is 6.92 Å². The molecule has 0 amide bonds. The van der Waals surface area contributed by atoms with Gasteiger partial charge in [0, 0.05) is 0 Å². The van der Waals surface area contributed by atoms with Crippen molar-refractivity contribution in [3.8, 4) is 0 Å². The Labute approximate surface area is 116 Å². The summed E-state index contributed by atoms with van der Waals surface area (Å²) >= 11 is 0. The molecule has 0 aromatic rings. The number of unbranched alkanes of at least 4 members (excludes halogenated alkanes) is 2. The van der Waals surface area contributed by atoms with Gasteiger partial charge in [-0.1, -0.05) is 32.8 Å². The summed E-state index contributed by atoms with van der Waals surface area (Å²) in [5.74, 6) is 0. The summed E-state index contributed by atoms with van der Waals surface area (Å²) in [6.45, 7) is 5.91. The van der Waals surface area contributed by atoms with E-state index in [0.29, 0.717) is 0 Å². The van der Waals surface area contributed by atoms with Crippen LogP contribution in [0.15, 0.2) is 12.3 Å². The number of ether oxygens (including phenoxy) is 1. The van der Waals surface area contributed by atoms with Crippen LogP contribution in [0.1, 0.15) is 59.3 Å². The predicted molar refractivity (Wildman–Crippen MR) is 75.7 cm³/mol. The molecular weight excluding hydrogens is 267 g/mol. The average Bonchev–Trinajstić information content (AvgIpc) is 2.36. The van der Waals surface area contributed by atoms with Gasteiger partial charge in [0.25, 0.3) is 0 Å². The van der Waals surface area contributed by atoms with Crippen molar-refractivity contribution in [2.24, 2.45) is 0 Å². The summed E-state index contributed by atoms with van der Waals surface area (Å²) in [4.78, 5) is 17.7. The smallest absolute Gasteiger partial charge is 0.469 e. The fraction of sp³-hybridized carbons (Fsp3) is 0.846. The molecule has 114 valence electrons. The van der Waals surface area contributed by atoms with Gasteiger partial charge in [0.15, 0.2) is 0 Å². The van der Waals surface area contributed by atoms with Crippen LogP contribution in [0.2, 0.25) is 0 Å². The van der Waals surface area contributed by atoms with Crippen LogP contribution in [0.25, 0.3) is 0 Å². The fourth-order valence-electron chi connectivity index (χ4n) is 1.83. The Morgan fingerprint density at radius 2 is 1.68 bits per heavy atom. The van der Waals surface area contributed by atoms with E-state index in [4.69, 9.17) is 19.0 Å². The van der Waals surface area contributed by atoms with Gasteiger partial charge in [-0.15, -0.1) is 0 Å². The molecule has 0 saturated carbocycles. The third-order valence-corrected chi connectivity index (χ3v) is 3.39. The number of hydrogen-bond donors (Lipinski definition) is 2. The molecule has 0 aromatic heterocycles. The molecule has 0 bridgehead atoms. The summed E-state index contributed by atoms with van der Waals surface area (Å²) in [5, 5.41) is 0. The van der Waals surface area contributed by atoms with Gasteiger partial charge < -0.3 is 14.5 Å². The van der Waals surface area contributed by atoms with E-state index >= 15 is 0 Å². The zero-order chi connectivity index (χ0) is 14.8. The van der Waals surface area contributed by atoms with Crippen LogP contribution in [0.3, 0.4) is 0 Å². The zero-order valence-corrected chi connectivity index (χ0v) is 13.1. The molecule has 0 fully saturated rings. The molecule has 0 spiro atoms. The van der Waals surface area contributed by atoms with E-state index in [-0.39, 0.29) is 6.61 Å². The summed E-state index contributed by atoms with van der Waals surface area (Å²) in [6.07, 6.45) is 8.68. The number of rotatable bonds is 11. The summed E-state index contributed by atoms with van der Waals surface area (Å²) in [5.41, 5.74) is -0.639. The van der Waals surface area contributed by atoms with Crippen molar-refractivity contribution in [1.82, 2.24) is 0 Å². The van der Waals surface area contributed by atoms with Gasteiger partial charge >= 0.3 is 7.82 Å². The van der Waals surface area contributed by atoms with Gasteiger partial charge in [-0.2, -0.15) is 0 Å². The largest absolute Gasteiger partial charge is 0.493 e. The standard InChI is InChI=1S/C13H27O5P/c1-4-7-9-13(10-8-5-2,17-11-6-3)12-18-19(14,15)16/h6,11H,4-5,7-10,12H2,1-3H3,(H2,14,15,16). The molecule has 0 saturated heterocycles. The van der Waals surface area contributed by atoms with Crippen molar-refractivity contribution in [3.63, 3.8) is 0 Å². The van der Waals surface area contributed by atoms with Crippen LogP contribution >= 0.6 is 7.82 Å². The quantitative estimate of drug-likeness (QED) is 0.448. The highest BCUT2D eigenvalue weighted by atomic mass is 31.2. The van der Waals surface area contributed by atoms with Crippen molar-refractivity contribution in [2.75, 3.05) is 6.61 Å². The van der Waals surface area contributed by atoms with Crippen molar-refractivity contribution in [1.29, 1.82) is 0 Å².